The normalized spacial score (nSPS) is 10.7. The fourth-order valence-electron chi connectivity index (χ4n) is 1.56. The number of amides is 1. The third kappa shape index (κ3) is 2.26. The highest BCUT2D eigenvalue weighted by molar-refractivity contribution is 5.99. The molecule has 2 rings (SSSR count). The van der Waals surface area contributed by atoms with E-state index in [1.807, 2.05) is 7.05 Å². The van der Waals surface area contributed by atoms with E-state index >= 15 is 0 Å². The van der Waals surface area contributed by atoms with Crippen molar-refractivity contribution in [1.29, 1.82) is 0 Å². The molecule has 0 atom stereocenters. The molecular weight excluding hydrogens is 218 g/mol. The van der Waals surface area contributed by atoms with Crippen LogP contribution in [0.15, 0.2) is 24.7 Å². The van der Waals surface area contributed by atoms with E-state index in [0.29, 0.717) is 17.8 Å². The van der Waals surface area contributed by atoms with Crippen molar-refractivity contribution in [3.05, 3.63) is 30.2 Å². The third-order valence-corrected chi connectivity index (χ3v) is 2.55. The molecule has 0 aliphatic heterocycles. The van der Waals surface area contributed by atoms with Gasteiger partial charge in [0, 0.05) is 32.5 Å². The predicted octanol–water partition coefficient (Wildman–Crippen LogP) is 0.0207. The number of fused-ring (bicyclic) bond motifs is 1. The minimum absolute atomic E-state index is 0.0612. The van der Waals surface area contributed by atoms with Gasteiger partial charge in [-0.1, -0.05) is 0 Å². The first-order valence-electron chi connectivity index (χ1n) is 5.42. The van der Waals surface area contributed by atoms with Crippen molar-refractivity contribution in [2.75, 3.05) is 27.2 Å². The molecule has 1 amide bonds. The van der Waals surface area contributed by atoms with Gasteiger partial charge in [0.05, 0.1) is 6.20 Å². The van der Waals surface area contributed by atoms with Gasteiger partial charge in [0.1, 0.15) is 5.56 Å². The largest absolute Gasteiger partial charge is 0.340 e. The molecule has 0 aliphatic rings. The van der Waals surface area contributed by atoms with Crippen LogP contribution in [-0.4, -0.2) is 52.6 Å². The SMILES string of the molecule is CNCCN(C)C(=O)c1cnn2cccnc12. The maximum atomic E-state index is 12.1. The van der Waals surface area contributed by atoms with Crippen LogP contribution in [0.3, 0.4) is 0 Å². The molecule has 1 N–H and O–H groups in total. The van der Waals surface area contributed by atoms with Gasteiger partial charge >= 0.3 is 0 Å². The third-order valence-electron chi connectivity index (χ3n) is 2.55. The second-order valence-corrected chi connectivity index (χ2v) is 3.78. The predicted molar refractivity (Wildman–Crippen MR) is 63.9 cm³/mol. The fourth-order valence-corrected chi connectivity index (χ4v) is 1.56. The van der Waals surface area contributed by atoms with Crippen LogP contribution in [0.2, 0.25) is 0 Å². The van der Waals surface area contributed by atoms with E-state index < -0.39 is 0 Å². The lowest BCUT2D eigenvalue weighted by Crippen LogP contribution is -2.32. The Kier molecular flexibility index (Phi) is 3.34. The second-order valence-electron chi connectivity index (χ2n) is 3.78. The Bertz CT molecular complexity index is 521. The number of carbonyl (C=O) groups excluding carboxylic acids is 1. The van der Waals surface area contributed by atoms with Crippen molar-refractivity contribution in [1.82, 2.24) is 24.8 Å². The highest BCUT2D eigenvalue weighted by Crippen LogP contribution is 2.09. The van der Waals surface area contributed by atoms with Crippen molar-refractivity contribution in [3.8, 4) is 0 Å². The van der Waals surface area contributed by atoms with Gasteiger partial charge < -0.3 is 10.2 Å². The molecule has 2 heterocycles. The minimum atomic E-state index is -0.0612. The van der Waals surface area contributed by atoms with Crippen LogP contribution in [-0.2, 0) is 0 Å². The van der Waals surface area contributed by atoms with Gasteiger partial charge in [-0.3, -0.25) is 4.79 Å². The molecule has 6 nitrogen and oxygen atoms in total. The second kappa shape index (κ2) is 4.92. The number of nitrogens with one attached hydrogen (secondary N) is 1. The molecule has 2 aromatic rings. The lowest BCUT2D eigenvalue weighted by molar-refractivity contribution is 0.0798. The van der Waals surface area contributed by atoms with E-state index in [1.165, 1.54) is 0 Å². The number of aromatic nitrogens is 3. The summed E-state index contributed by atoms with van der Waals surface area (Å²) in [5.41, 5.74) is 1.12. The monoisotopic (exact) mass is 233 g/mol. The highest BCUT2D eigenvalue weighted by Gasteiger charge is 2.16. The summed E-state index contributed by atoms with van der Waals surface area (Å²) in [6, 6.07) is 1.78. The molecule has 0 unspecified atom stereocenters. The highest BCUT2D eigenvalue weighted by atomic mass is 16.2. The Balaban J connectivity index is 2.24. The summed E-state index contributed by atoms with van der Waals surface area (Å²) < 4.78 is 1.60. The lowest BCUT2D eigenvalue weighted by atomic mass is 10.3. The average Bonchev–Trinajstić information content (AvgIpc) is 2.78. The molecule has 0 radical (unpaired) electrons. The molecular formula is C11H15N5O. The molecule has 17 heavy (non-hydrogen) atoms. The van der Waals surface area contributed by atoms with E-state index in [-0.39, 0.29) is 5.91 Å². The van der Waals surface area contributed by atoms with Crippen molar-refractivity contribution < 1.29 is 4.79 Å². The van der Waals surface area contributed by atoms with Gasteiger partial charge in [-0.2, -0.15) is 5.10 Å². The van der Waals surface area contributed by atoms with Crippen LogP contribution in [0, 0.1) is 0 Å². The van der Waals surface area contributed by atoms with Crippen molar-refractivity contribution in [2.45, 2.75) is 0 Å². The fraction of sp³-hybridized carbons (Fsp3) is 0.364. The van der Waals surface area contributed by atoms with E-state index in [9.17, 15) is 4.79 Å². The maximum absolute atomic E-state index is 12.1. The minimum Gasteiger partial charge on any atom is -0.340 e. The van der Waals surface area contributed by atoms with Gasteiger partial charge in [-0.05, 0) is 13.1 Å². The Hall–Kier alpha value is -1.95. The number of carbonyl (C=O) groups is 1. The number of hydrogen-bond donors (Lipinski definition) is 1. The first kappa shape index (κ1) is 11.5. The first-order chi connectivity index (χ1) is 8.24. The zero-order valence-electron chi connectivity index (χ0n) is 9.92. The van der Waals surface area contributed by atoms with Crippen molar-refractivity contribution in [2.24, 2.45) is 0 Å². The number of hydrogen-bond acceptors (Lipinski definition) is 4. The number of likely N-dealkylation sites (N-methyl/N-ethyl adjacent to an activating group) is 2. The van der Waals surface area contributed by atoms with Crippen molar-refractivity contribution in [3.63, 3.8) is 0 Å². The summed E-state index contributed by atoms with van der Waals surface area (Å²) in [4.78, 5) is 17.9. The average molecular weight is 233 g/mol. The molecule has 2 aromatic heterocycles. The standard InChI is InChI=1S/C11H15N5O/c1-12-5-7-15(2)11(17)9-8-14-16-6-3-4-13-10(9)16/h3-4,6,8,12H,5,7H2,1-2H3. The van der Waals surface area contributed by atoms with Gasteiger partial charge in [0.15, 0.2) is 5.65 Å². The maximum Gasteiger partial charge on any atom is 0.259 e. The molecule has 0 bridgehead atoms. The van der Waals surface area contributed by atoms with Gasteiger partial charge in [-0.15, -0.1) is 0 Å². The van der Waals surface area contributed by atoms with Gasteiger partial charge in [0.2, 0.25) is 0 Å². The van der Waals surface area contributed by atoms with Crippen LogP contribution >= 0.6 is 0 Å². The van der Waals surface area contributed by atoms with Crippen LogP contribution in [0.1, 0.15) is 10.4 Å². The Morgan fingerprint density at radius 3 is 3.18 bits per heavy atom. The summed E-state index contributed by atoms with van der Waals surface area (Å²) in [5, 5.41) is 7.10. The molecule has 0 saturated carbocycles. The molecule has 0 aliphatic carbocycles. The summed E-state index contributed by atoms with van der Waals surface area (Å²) in [6.45, 7) is 1.41. The molecule has 0 saturated heterocycles. The van der Waals surface area contributed by atoms with E-state index in [1.54, 1.807) is 41.1 Å². The van der Waals surface area contributed by atoms with E-state index in [4.69, 9.17) is 0 Å². The molecule has 6 heteroatoms. The summed E-state index contributed by atoms with van der Waals surface area (Å²) in [5.74, 6) is -0.0612. The van der Waals surface area contributed by atoms with E-state index in [2.05, 4.69) is 15.4 Å². The Morgan fingerprint density at radius 1 is 1.59 bits per heavy atom. The van der Waals surface area contributed by atoms with Crippen LogP contribution in [0.5, 0.6) is 0 Å². The van der Waals surface area contributed by atoms with Crippen LogP contribution in [0.25, 0.3) is 5.65 Å². The van der Waals surface area contributed by atoms with Crippen molar-refractivity contribution >= 4 is 11.6 Å². The summed E-state index contributed by atoms with van der Waals surface area (Å²) >= 11 is 0. The number of nitrogens with zero attached hydrogens (tertiary/aromatic N) is 4. The molecule has 0 aromatic carbocycles. The van der Waals surface area contributed by atoms with Gasteiger partial charge in [0.25, 0.3) is 5.91 Å². The summed E-state index contributed by atoms with van der Waals surface area (Å²) in [7, 11) is 3.63. The summed E-state index contributed by atoms with van der Waals surface area (Å²) in [6.07, 6.45) is 4.98. The lowest BCUT2D eigenvalue weighted by Gasteiger charge is -2.15. The number of rotatable bonds is 4. The quantitative estimate of drug-likeness (QED) is 0.808. The topological polar surface area (TPSA) is 62.5 Å². The molecule has 90 valence electrons. The smallest absolute Gasteiger partial charge is 0.259 e. The zero-order chi connectivity index (χ0) is 12.3. The van der Waals surface area contributed by atoms with Crippen LogP contribution in [0.4, 0.5) is 0 Å². The molecule has 0 fully saturated rings. The first-order valence-corrected chi connectivity index (χ1v) is 5.42. The zero-order valence-corrected chi connectivity index (χ0v) is 9.92. The van der Waals surface area contributed by atoms with Gasteiger partial charge in [-0.25, -0.2) is 9.50 Å². The Morgan fingerprint density at radius 2 is 2.41 bits per heavy atom. The van der Waals surface area contributed by atoms with Crippen LogP contribution < -0.4 is 5.32 Å². The molecule has 0 spiro atoms. The van der Waals surface area contributed by atoms with E-state index in [0.717, 1.165) is 6.54 Å². The Labute approximate surface area is 99.3 Å².